The molecule has 3 heterocycles. The highest BCUT2D eigenvalue weighted by Crippen LogP contribution is 2.36. The molecule has 1 amide bonds. The molecule has 0 saturated carbocycles. The summed E-state index contributed by atoms with van der Waals surface area (Å²) in [7, 11) is 0. The van der Waals surface area contributed by atoms with Crippen molar-refractivity contribution in [3.63, 3.8) is 0 Å². The zero-order chi connectivity index (χ0) is 25.3. The lowest BCUT2D eigenvalue weighted by Gasteiger charge is -2.31. The SMILES string of the molecule is O=C(Nc1nc(-c2cccc(C(F)(F)F)c2F)cs1)c1cnc(N2CCC(C(=O)O)CC2)c(Br)c1. The molecule has 0 unspecified atom stereocenters. The molecule has 184 valence electrons. The van der Waals surface area contributed by atoms with E-state index in [1.54, 1.807) is 6.07 Å². The molecule has 13 heteroatoms. The van der Waals surface area contributed by atoms with Gasteiger partial charge in [-0.2, -0.15) is 13.2 Å². The molecule has 1 aliphatic rings. The molecule has 1 aromatic carbocycles. The molecule has 4 rings (SSSR count). The number of carboxylic acids is 1. The normalized spacial score (nSPS) is 14.7. The number of carbonyl (C=O) groups is 2. The molecule has 2 aromatic heterocycles. The minimum Gasteiger partial charge on any atom is -0.481 e. The van der Waals surface area contributed by atoms with Crippen molar-refractivity contribution in [3.8, 4) is 11.3 Å². The first-order chi connectivity index (χ1) is 16.5. The summed E-state index contributed by atoms with van der Waals surface area (Å²) in [4.78, 5) is 34.1. The van der Waals surface area contributed by atoms with Crippen molar-refractivity contribution in [1.82, 2.24) is 9.97 Å². The van der Waals surface area contributed by atoms with E-state index < -0.39 is 29.4 Å². The molecule has 1 fully saturated rings. The van der Waals surface area contributed by atoms with Gasteiger partial charge in [0.15, 0.2) is 5.13 Å². The maximum atomic E-state index is 14.4. The van der Waals surface area contributed by atoms with Gasteiger partial charge in [-0.1, -0.05) is 6.07 Å². The van der Waals surface area contributed by atoms with Gasteiger partial charge in [0.1, 0.15) is 11.6 Å². The van der Waals surface area contributed by atoms with E-state index in [9.17, 15) is 27.2 Å². The smallest absolute Gasteiger partial charge is 0.419 e. The van der Waals surface area contributed by atoms with Crippen LogP contribution in [0.15, 0.2) is 40.3 Å². The molecule has 2 N–H and O–H groups in total. The minimum absolute atomic E-state index is 0.0340. The third-order valence-corrected chi connectivity index (χ3v) is 6.87. The third kappa shape index (κ3) is 5.45. The van der Waals surface area contributed by atoms with Crippen LogP contribution in [-0.4, -0.2) is 40.0 Å². The molecule has 35 heavy (non-hydrogen) atoms. The highest BCUT2D eigenvalue weighted by atomic mass is 79.9. The van der Waals surface area contributed by atoms with Gasteiger partial charge in [0.25, 0.3) is 5.91 Å². The quantitative estimate of drug-likeness (QED) is 0.382. The molecular formula is C22H17BrF4N4O3S. The summed E-state index contributed by atoms with van der Waals surface area (Å²) in [5, 5.41) is 13.1. The lowest BCUT2D eigenvalue weighted by molar-refractivity contribution is -0.142. The second-order valence-corrected chi connectivity index (χ2v) is 9.50. The van der Waals surface area contributed by atoms with Gasteiger partial charge < -0.3 is 10.0 Å². The zero-order valence-corrected chi connectivity index (χ0v) is 20.2. The Hall–Kier alpha value is -3.06. The fourth-order valence-electron chi connectivity index (χ4n) is 3.70. The van der Waals surface area contributed by atoms with Crippen LogP contribution in [0.1, 0.15) is 28.8 Å². The first-order valence-corrected chi connectivity index (χ1v) is 12.0. The Kier molecular flexibility index (Phi) is 7.08. The number of aromatic nitrogens is 2. The molecule has 0 aliphatic carbocycles. The van der Waals surface area contributed by atoms with Crippen molar-refractivity contribution < 1.29 is 32.3 Å². The van der Waals surface area contributed by atoms with Crippen molar-refractivity contribution >= 4 is 50.1 Å². The van der Waals surface area contributed by atoms with Gasteiger partial charge in [0.2, 0.25) is 0 Å². The van der Waals surface area contributed by atoms with Gasteiger partial charge in [0.05, 0.1) is 27.2 Å². The number of amides is 1. The van der Waals surface area contributed by atoms with E-state index in [0.29, 0.717) is 42.3 Å². The number of hydrogen-bond donors (Lipinski definition) is 2. The number of anilines is 2. The zero-order valence-electron chi connectivity index (χ0n) is 17.8. The van der Waals surface area contributed by atoms with Crippen LogP contribution < -0.4 is 10.2 Å². The number of carboxylic acid groups (broad SMARTS) is 1. The number of alkyl halides is 3. The molecule has 1 saturated heterocycles. The number of nitrogens with zero attached hydrogens (tertiary/aromatic N) is 3. The second kappa shape index (κ2) is 9.90. The van der Waals surface area contributed by atoms with Crippen molar-refractivity contribution in [2.45, 2.75) is 19.0 Å². The molecule has 0 atom stereocenters. The summed E-state index contributed by atoms with van der Waals surface area (Å²) in [6.45, 7) is 1.03. The Labute approximate surface area is 208 Å². The first kappa shape index (κ1) is 25.0. The fourth-order valence-corrected chi connectivity index (χ4v) is 5.00. The molecule has 0 spiro atoms. The number of carbonyl (C=O) groups excluding carboxylic acids is 1. The van der Waals surface area contributed by atoms with Crippen molar-refractivity contribution in [1.29, 1.82) is 0 Å². The number of piperidine rings is 1. The predicted molar refractivity (Wildman–Crippen MR) is 125 cm³/mol. The summed E-state index contributed by atoms with van der Waals surface area (Å²) in [5.74, 6) is -2.60. The third-order valence-electron chi connectivity index (χ3n) is 5.53. The van der Waals surface area contributed by atoms with E-state index >= 15 is 0 Å². The number of hydrogen-bond acceptors (Lipinski definition) is 6. The summed E-state index contributed by atoms with van der Waals surface area (Å²) >= 11 is 4.34. The summed E-state index contributed by atoms with van der Waals surface area (Å²) in [6, 6.07) is 4.48. The van der Waals surface area contributed by atoms with Crippen molar-refractivity contribution in [2.24, 2.45) is 5.92 Å². The van der Waals surface area contributed by atoms with Crippen molar-refractivity contribution in [2.75, 3.05) is 23.3 Å². The second-order valence-electron chi connectivity index (χ2n) is 7.79. The van der Waals surface area contributed by atoms with Gasteiger partial charge in [-0.25, -0.2) is 14.4 Å². The molecule has 0 radical (unpaired) electrons. The van der Waals surface area contributed by atoms with Crippen LogP contribution in [0.5, 0.6) is 0 Å². The number of rotatable bonds is 5. The molecule has 7 nitrogen and oxygen atoms in total. The van der Waals surface area contributed by atoms with Crippen molar-refractivity contribution in [3.05, 3.63) is 57.3 Å². The number of aliphatic carboxylic acids is 1. The molecule has 0 bridgehead atoms. The fraction of sp³-hybridized carbons (Fsp3) is 0.273. The van der Waals surface area contributed by atoms with Crippen LogP contribution >= 0.6 is 27.3 Å². The van der Waals surface area contributed by atoms with E-state index in [0.717, 1.165) is 17.4 Å². The lowest BCUT2D eigenvalue weighted by atomic mass is 9.97. The number of thiazole rings is 1. The summed E-state index contributed by atoms with van der Waals surface area (Å²) < 4.78 is 53.9. The molecule has 3 aromatic rings. The maximum absolute atomic E-state index is 14.4. The van der Waals surface area contributed by atoms with E-state index in [2.05, 4.69) is 31.2 Å². The van der Waals surface area contributed by atoms with Gasteiger partial charge in [-0.3, -0.25) is 14.9 Å². The van der Waals surface area contributed by atoms with Crippen LogP contribution in [0.4, 0.5) is 28.5 Å². The first-order valence-electron chi connectivity index (χ1n) is 10.3. The summed E-state index contributed by atoms with van der Waals surface area (Å²) in [5.41, 5.74) is -1.55. The summed E-state index contributed by atoms with van der Waals surface area (Å²) in [6.07, 6.45) is -2.50. The van der Waals surface area contributed by atoms with Crippen LogP contribution in [0.2, 0.25) is 0 Å². The lowest BCUT2D eigenvalue weighted by Crippen LogP contribution is -2.37. The Balaban J connectivity index is 1.46. The Morgan fingerprint density at radius 2 is 1.94 bits per heavy atom. The Morgan fingerprint density at radius 3 is 2.57 bits per heavy atom. The standard InChI is InChI=1S/C22H17BrF4N4O3S/c23-15-8-12(9-28-18(15)31-6-4-11(5-7-31)20(33)34)19(32)30-21-29-16(10-35-21)13-2-1-3-14(17(13)24)22(25,26)27/h1-3,8-11H,4-7H2,(H,33,34)(H,29,30,32). The van der Waals surface area contributed by atoms with Crippen LogP contribution in [0.3, 0.4) is 0 Å². The van der Waals surface area contributed by atoms with Crippen LogP contribution in [0.25, 0.3) is 11.3 Å². The van der Waals surface area contributed by atoms with E-state index in [1.165, 1.54) is 17.6 Å². The number of halogens is 5. The topological polar surface area (TPSA) is 95.4 Å². The van der Waals surface area contributed by atoms with E-state index in [-0.39, 0.29) is 27.9 Å². The highest BCUT2D eigenvalue weighted by Gasteiger charge is 2.35. The average molecular weight is 573 g/mol. The highest BCUT2D eigenvalue weighted by molar-refractivity contribution is 9.10. The average Bonchev–Trinajstić information content (AvgIpc) is 3.26. The number of pyridine rings is 1. The Morgan fingerprint density at radius 1 is 1.23 bits per heavy atom. The number of benzene rings is 1. The Bertz CT molecular complexity index is 1280. The van der Waals surface area contributed by atoms with E-state index in [4.69, 9.17) is 5.11 Å². The van der Waals surface area contributed by atoms with Gasteiger partial charge in [0, 0.05) is 30.2 Å². The van der Waals surface area contributed by atoms with Gasteiger partial charge in [-0.15, -0.1) is 11.3 Å². The monoisotopic (exact) mass is 572 g/mol. The number of nitrogens with one attached hydrogen (secondary N) is 1. The van der Waals surface area contributed by atoms with E-state index in [1.807, 2.05) is 4.90 Å². The minimum atomic E-state index is -4.84. The predicted octanol–water partition coefficient (Wildman–Crippen LogP) is 5.68. The largest absolute Gasteiger partial charge is 0.481 e. The van der Waals surface area contributed by atoms with Crippen LogP contribution in [-0.2, 0) is 11.0 Å². The maximum Gasteiger partial charge on any atom is 0.419 e. The van der Waals surface area contributed by atoms with Crippen LogP contribution in [0, 0.1) is 11.7 Å². The molecule has 1 aliphatic heterocycles. The molecular weight excluding hydrogens is 556 g/mol. The van der Waals surface area contributed by atoms with Gasteiger partial charge in [-0.05, 0) is 47.0 Å². The van der Waals surface area contributed by atoms with Gasteiger partial charge >= 0.3 is 12.1 Å².